The van der Waals surface area contributed by atoms with Crippen LogP contribution >= 0.6 is 0 Å². The Kier molecular flexibility index (Phi) is 5.39. The molecule has 0 spiro atoms. The first kappa shape index (κ1) is 15.6. The van der Waals surface area contributed by atoms with Gasteiger partial charge in [-0.2, -0.15) is 0 Å². The summed E-state index contributed by atoms with van der Waals surface area (Å²) in [5.74, 6) is 0.821. The largest absolute Gasteiger partial charge is 0.320 e. The van der Waals surface area contributed by atoms with Gasteiger partial charge in [-0.05, 0) is 63.9 Å². The van der Waals surface area contributed by atoms with Crippen molar-refractivity contribution in [3.8, 4) is 11.4 Å². The zero-order chi connectivity index (χ0) is 15.2. The van der Waals surface area contributed by atoms with Crippen molar-refractivity contribution >= 4 is 0 Å². The third-order valence-electron chi connectivity index (χ3n) is 3.80. The van der Waals surface area contributed by atoms with E-state index in [4.69, 9.17) is 9.97 Å². The number of pyridine rings is 1. The number of hydrogen-bond acceptors (Lipinski definition) is 4. The van der Waals surface area contributed by atoms with Crippen LogP contribution < -0.4 is 5.32 Å². The molecule has 0 aromatic carbocycles. The smallest absolute Gasteiger partial charge is 0.160 e. The molecule has 112 valence electrons. The van der Waals surface area contributed by atoms with Crippen LogP contribution in [0.1, 0.15) is 35.9 Å². The molecule has 0 unspecified atom stereocenters. The summed E-state index contributed by atoms with van der Waals surface area (Å²) in [5, 5.41) is 3.18. The van der Waals surface area contributed by atoms with Crippen molar-refractivity contribution in [3.05, 3.63) is 41.0 Å². The van der Waals surface area contributed by atoms with Crippen LogP contribution in [-0.4, -0.2) is 28.5 Å². The second-order valence-corrected chi connectivity index (χ2v) is 5.29. The third kappa shape index (κ3) is 3.64. The molecule has 0 bridgehead atoms. The Morgan fingerprint density at radius 1 is 1.14 bits per heavy atom. The second kappa shape index (κ2) is 7.27. The van der Waals surface area contributed by atoms with Crippen LogP contribution in [0.25, 0.3) is 11.4 Å². The van der Waals surface area contributed by atoms with Crippen LogP contribution in [0.4, 0.5) is 0 Å². The SMILES string of the molecule is CCc1cnccc1-c1nc(C)c(CCCNC)c(C)n1. The van der Waals surface area contributed by atoms with Gasteiger partial charge in [0, 0.05) is 29.3 Å². The number of nitrogens with one attached hydrogen (secondary N) is 1. The molecule has 0 atom stereocenters. The number of aryl methyl sites for hydroxylation is 3. The molecule has 2 aromatic rings. The van der Waals surface area contributed by atoms with E-state index in [0.29, 0.717) is 0 Å². The Bertz CT molecular complexity index is 584. The fourth-order valence-corrected chi connectivity index (χ4v) is 2.59. The summed E-state index contributed by atoms with van der Waals surface area (Å²) in [4.78, 5) is 13.7. The first-order valence-electron chi connectivity index (χ1n) is 7.59. The lowest BCUT2D eigenvalue weighted by Crippen LogP contribution is -2.10. The van der Waals surface area contributed by atoms with Crippen LogP contribution in [0.5, 0.6) is 0 Å². The van der Waals surface area contributed by atoms with E-state index in [-0.39, 0.29) is 0 Å². The van der Waals surface area contributed by atoms with Crippen LogP contribution in [-0.2, 0) is 12.8 Å². The quantitative estimate of drug-likeness (QED) is 0.829. The van der Waals surface area contributed by atoms with Crippen molar-refractivity contribution in [3.63, 3.8) is 0 Å². The Morgan fingerprint density at radius 3 is 2.48 bits per heavy atom. The normalized spacial score (nSPS) is 10.9. The monoisotopic (exact) mass is 284 g/mol. The first-order chi connectivity index (χ1) is 10.2. The van der Waals surface area contributed by atoms with Gasteiger partial charge in [-0.15, -0.1) is 0 Å². The van der Waals surface area contributed by atoms with Crippen molar-refractivity contribution in [2.75, 3.05) is 13.6 Å². The molecular weight excluding hydrogens is 260 g/mol. The zero-order valence-electron chi connectivity index (χ0n) is 13.4. The van der Waals surface area contributed by atoms with Crippen molar-refractivity contribution < 1.29 is 0 Å². The minimum absolute atomic E-state index is 0.821. The first-order valence-corrected chi connectivity index (χ1v) is 7.59. The molecule has 2 aromatic heterocycles. The number of nitrogens with zero attached hydrogens (tertiary/aromatic N) is 3. The summed E-state index contributed by atoms with van der Waals surface area (Å²) in [6, 6.07) is 2.01. The summed E-state index contributed by atoms with van der Waals surface area (Å²) in [5.41, 5.74) is 5.75. The van der Waals surface area contributed by atoms with Gasteiger partial charge < -0.3 is 5.32 Å². The molecule has 0 amide bonds. The van der Waals surface area contributed by atoms with E-state index in [1.807, 2.05) is 25.5 Å². The minimum atomic E-state index is 0.821. The molecule has 4 heteroatoms. The second-order valence-electron chi connectivity index (χ2n) is 5.29. The molecule has 21 heavy (non-hydrogen) atoms. The Balaban J connectivity index is 2.35. The molecule has 0 aliphatic heterocycles. The van der Waals surface area contributed by atoms with Gasteiger partial charge >= 0.3 is 0 Å². The average Bonchev–Trinajstić information content (AvgIpc) is 2.49. The summed E-state index contributed by atoms with van der Waals surface area (Å²) >= 11 is 0. The standard InChI is InChI=1S/C17H24N4/c1-5-14-11-19-10-8-16(14)17-20-12(2)15(13(3)21-17)7-6-9-18-4/h8,10-11,18H,5-7,9H2,1-4H3. The van der Waals surface area contributed by atoms with Crippen molar-refractivity contribution in [1.29, 1.82) is 0 Å². The van der Waals surface area contributed by atoms with Crippen LogP contribution in [0.3, 0.4) is 0 Å². The predicted octanol–water partition coefficient (Wildman–Crippen LogP) is 2.87. The topological polar surface area (TPSA) is 50.7 Å². The lowest BCUT2D eigenvalue weighted by Gasteiger charge is -2.12. The van der Waals surface area contributed by atoms with Gasteiger partial charge in [-0.25, -0.2) is 9.97 Å². The number of hydrogen-bond donors (Lipinski definition) is 1. The van der Waals surface area contributed by atoms with E-state index in [1.165, 1.54) is 11.1 Å². The van der Waals surface area contributed by atoms with Gasteiger partial charge in [-0.3, -0.25) is 4.98 Å². The molecule has 2 rings (SSSR count). The van der Waals surface area contributed by atoms with Gasteiger partial charge in [0.05, 0.1) is 0 Å². The molecule has 0 saturated carbocycles. The minimum Gasteiger partial charge on any atom is -0.320 e. The maximum absolute atomic E-state index is 4.73. The molecule has 2 heterocycles. The number of rotatable bonds is 6. The lowest BCUT2D eigenvalue weighted by molar-refractivity contribution is 0.715. The fourth-order valence-electron chi connectivity index (χ4n) is 2.59. The van der Waals surface area contributed by atoms with E-state index in [0.717, 1.165) is 48.6 Å². The molecular formula is C17H24N4. The highest BCUT2D eigenvalue weighted by Crippen LogP contribution is 2.22. The van der Waals surface area contributed by atoms with Crippen LogP contribution in [0.2, 0.25) is 0 Å². The Hall–Kier alpha value is -1.81. The molecule has 0 aliphatic rings. The predicted molar refractivity (Wildman–Crippen MR) is 86.4 cm³/mol. The lowest BCUT2D eigenvalue weighted by atomic mass is 10.0. The molecule has 0 saturated heterocycles. The summed E-state index contributed by atoms with van der Waals surface area (Å²) in [6.45, 7) is 7.32. The Morgan fingerprint density at radius 2 is 1.86 bits per heavy atom. The molecule has 0 fully saturated rings. The van der Waals surface area contributed by atoms with E-state index in [9.17, 15) is 0 Å². The zero-order valence-corrected chi connectivity index (χ0v) is 13.4. The highest BCUT2D eigenvalue weighted by molar-refractivity contribution is 5.59. The van der Waals surface area contributed by atoms with E-state index >= 15 is 0 Å². The maximum atomic E-state index is 4.73. The average molecular weight is 284 g/mol. The number of aromatic nitrogens is 3. The van der Waals surface area contributed by atoms with Crippen molar-refractivity contribution in [2.24, 2.45) is 0 Å². The van der Waals surface area contributed by atoms with Crippen molar-refractivity contribution in [2.45, 2.75) is 40.0 Å². The van der Waals surface area contributed by atoms with Gasteiger partial charge in [0.15, 0.2) is 5.82 Å². The summed E-state index contributed by atoms with van der Waals surface area (Å²) < 4.78 is 0. The highest BCUT2D eigenvalue weighted by atomic mass is 14.9. The van der Waals surface area contributed by atoms with Crippen molar-refractivity contribution in [1.82, 2.24) is 20.3 Å². The highest BCUT2D eigenvalue weighted by Gasteiger charge is 2.12. The van der Waals surface area contributed by atoms with Gasteiger partial charge in [-0.1, -0.05) is 6.92 Å². The van der Waals surface area contributed by atoms with Gasteiger partial charge in [0.2, 0.25) is 0 Å². The molecule has 1 N–H and O–H groups in total. The Labute approximate surface area is 127 Å². The molecule has 0 aliphatic carbocycles. The van der Waals surface area contributed by atoms with Gasteiger partial charge in [0.1, 0.15) is 0 Å². The van der Waals surface area contributed by atoms with Crippen LogP contribution in [0, 0.1) is 13.8 Å². The maximum Gasteiger partial charge on any atom is 0.160 e. The fraction of sp³-hybridized carbons (Fsp3) is 0.471. The summed E-state index contributed by atoms with van der Waals surface area (Å²) in [6.07, 6.45) is 6.79. The third-order valence-corrected chi connectivity index (χ3v) is 3.80. The van der Waals surface area contributed by atoms with Crippen LogP contribution in [0.15, 0.2) is 18.5 Å². The molecule has 0 radical (unpaired) electrons. The summed E-state index contributed by atoms with van der Waals surface area (Å²) in [7, 11) is 1.98. The van der Waals surface area contributed by atoms with E-state index in [1.54, 1.807) is 0 Å². The van der Waals surface area contributed by atoms with Gasteiger partial charge in [0.25, 0.3) is 0 Å². The van der Waals surface area contributed by atoms with E-state index < -0.39 is 0 Å². The van der Waals surface area contributed by atoms with E-state index in [2.05, 4.69) is 31.1 Å². The molecule has 4 nitrogen and oxygen atoms in total.